The number of benzene rings is 1. The highest BCUT2D eigenvalue weighted by molar-refractivity contribution is 7.89. The summed E-state index contributed by atoms with van der Waals surface area (Å²) in [6.07, 6.45) is -2.37. The van der Waals surface area contributed by atoms with E-state index in [0.717, 1.165) is 5.56 Å². The van der Waals surface area contributed by atoms with Crippen LogP contribution in [0.25, 0.3) is 0 Å². The summed E-state index contributed by atoms with van der Waals surface area (Å²) in [6, 6.07) is 4.79. The minimum atomic E-state index is -4.15. The third kappa shape index (κ3) is 3.14. The van der Waals surface area contributed by atoms with Crippen LogP contribution in [0.1, 0.15) is 32.3 Å². The number of rotatable bonds is 4. The molecule has 134 valence electrons. The lowest BCUT2D eigenvalue weighted by Gasteiger charge is -2.36. The Kier molecular flexibility index (Phi) is 4.34. The van der Waals surface area contributed by atoms with Crippen LogP contribution in [0, 0.1) is 0 Å². The Bertz CT molecular complexity index is 728. The number of halogens is 2. The highest BCUT2D eigenvalue weighted by atomic mass is 32.2. The van der Waals surface area contributed by atoms with Crippen molar-refractivity contribution in [2.45, 2.75) is 55.6 Å². The van der Waals surface area contributed by atoms with Crippen LogP contribution in [0.2, 0.25) is 0 Å². The second-order valence-electron chi connectivity index (χ2n) is 6.96. The van der Waals surface area contributed by atoms with Crippen LogP contribution in [0.4, 0.5) is 8.78 Å². The van der Waals surface area contributed by atoms with Crippen LogP contribution < -0.4 is 9.46 Å². The van der Waals surface area contributed by atoms with Gasteiger partial charge in [0, 0.05) is 19.6 Å². The average molecular weight is 361 g/mol. The molecule has 0 unspecified atom stereocenters. The van der Waals surface area contributed by atoms with Gasteiger partial charge in [0.15, 0.2) is 0 Å². The molecule has 0 bridgehead atoms. The number of fused-ring (bicyclic) bond motifs is 1. The smallest absolute Gasteiger partial charge is 0.257 e. The minimum Gasteiger partial charge on any atom is -0.486 e. The Morgan fingerprint density at radius 2 is 1.88 bits per heavy atom. The number of para-hydroxylation sites is 1. The van der Waals surface area contributed by atoms with Gasteiger partial charge in [0.2, 0.25) is 10.0 Å². The summed E-state index contributed by atoms with van der Waals surface area (Å²) in [5.74, 6) is 0.256. The quantitative estimate of drug-likeness (QED) is 0.895. The Balaban J connectivity index is 1.96. The van der Waals surface area contributed by atoms with Crippen molar-refractivity contribution in [2.75, 3.05) is 13.2 Å². The second kappa shape index (κ2) is 5.93. The molecule has 1 aromatic rings. The molecule has 24 heavy (non-hydrogen) atoms. The van der Waals surface area contributed by atoms with Crippen LogP contribution in [-0.2, 0) is 21.2 Å². The summed E-state index contributed by atoms with van der Waals surface area (Å²) in [5, 5.41) is 0. The van der Waals surface area contributed by atoms with Gasteiger partial charge in [-0.2, -0.15) is 4.72 Å². The molecule has 1 N–H and O–H groups in total. The third-order valence-corrected chi connectivity index (χ3v) is 6.06. The number of ether oxygens (including phenoxy) is 2. The molecule has 5 nitrogen and oxygen atoms in total. The zero-order valence-corrected chi connectivity index (χ0v) is 14.5. The maximum absolute atomic E-state index is 13.6. The first-order valence-corrected chi connectivity index (χ1v) is 9.34. The molecule has 8 heteroatoms. The summed E-state index contributed by atoms with van der Waals surface area (Å²) in [5.41, 5.74) is -1.55. The molecule has 0 saturated carbocycles. The number of hydrogen-bond acceptors (Lipinski definition) is 4. The van der Waals surface area contributed by atoms with Crippen molar-refractivity contribution in [3.8, 4) is 5.75 Å². The average Bonchev–Trinajstić information content (AvgIpc) is 2.80. The zero-order chi connectivity index (χ0) is 17.6. The minimum absolute atomic E-state index is 0.0642. The lowest BCUT2D eigenvalue weighted by molar-refractivity contribution is -0.0352. The summed E-state index contributed by atoms with van der Waals surface area (Å²) in [6.45, 7) is 3.92. The van der Waals surface area contributed by atoms with Gasteiger partial charge in [0.1, 0.15) is 16.2 Å². The summed E-state index contributed by atoms with van der Waals surface area (Å²) < 4.78 is 66.0. The van der Waals surface area contributed by atoms with E-state index in [9.17, 15) is 17.2 Å². The van der Waals surface area contributed by atoms with Crippen LogP contribution in [0.5, 0.6) is 5.75 Å². The van der Waals surface area contributed by atoms with Gasteiger partial charge in [-0.15, -0.1) is 0 Å². The molecule has 2 aliphatic rings. The summed E-state index contributed by atoms with van der Waals surface area (Å²) in [7, 11) is -4.15. The standard InChI is InChI=1S/C16H21F2NO4S/c1-15(2)10-11-4-3-5-12(13(11)23-15)24(20,21)19-16(14(17)18)6-8-22-9-7-16/h3-5,14,19H,6-10H2,1-2H3. The van der Waals surface area contributed by atoms with Crippen LogP contribution >= 0.6 is 0 Å². The lowest BCUT2D eigenvalue weighted by Crippen LogP contribution is -2.56. The third-order valence-electron chi connectivity index (χ3n) is 4.48. The van der Waals surface area contributed by atoms with Gasteiger partial charge in [-0.05, 0) is 38.3 Å². The maximum Gasteiger partial charge on any atom is 0.257 e. The zero-order valence-electron chi connectivity index (χ0n) is 13.6. The van der Waals surface area contributed by atoms with Gasteiger partial charge in [-0.25, -0.2) is 17.2 Å². The van der Waals surface area contributed by atoms with Crippen molar-refractivity contribution in [2.24, 2.45) is 0 Å². The van der Waals surface area contributed by atoms with Crippen molar-refractivity contribution in [3.05, 3.63) is 23.8 Å². The molecular formula is C16H21F2NO4S. The van der Waals surface area contributed by atoms with Crippen LogP contribution in [0.15, 0.2) is 23.1 Å². The van der Waals surface area contributed by atoms with Crippen molar-refractivity contribution >= 4 is 10.0 Å². The molecule has 2 heterocycles. The summed E-state index contributed by atoms with van der Waals surface area (Å²) in [4.78, 5) is -0.0860. The maximum atomic E-state index is 13.6. The molecule has 1 aromatic carbocycles. The van der Waals surface area contributed by atoms with Crippen molar-refractivity contribution in [3.63, 3.8) is 0 Å². The predicted molar refractivity (Wildman–Crippen MR) is 84.0 cm³/mol. The van der Waals surface area contributed by atoms with Gasteiger partial charge in [-0.1, -0.05) is 12.1 Å². The van der Waals surface area contributed by atoms with E-state index in [4.69, 9.17) is 9.47 Å². The van der Waals surface area contributed by atoms with Gasteiger partial charge in [-0.3, -0.25) is 0 Å². The van der Waals surface area contributed by atoms with Gasteiger partial charge >= 0.3 is 0 Å². The number of sulfonamides is 1. The number of hydrogen-bond donors (Lipinski definition) is 1. The molecule has 0 aromatic heterocycles. The van der Waals surface area contributed by atoms with Crippen molar-refractivity contribution < 1.29 is 26.7 Å². The van der Waals surface area contributed by atoms with E-state index in [2.05, 4.69) is 4.72 Å². The molecule has 0 spiro atoms. The Morgan fingerprint density at radius 3 is 2.50 bits per heavy atom. The molecule has 2 aliphatic heterocycles. The first kappa shape index (κ1) is 17.6. The topological polar surface area (TPSA) is 64.6 Å². The Morgan fingerprint density at radius 1 is 1.21 bits per heavy atom. The van der Waals surface area contributed by atoms with Crippen LogP contribution in [-0.4, -0.2) is 39.2 Å². The van der Waals surface area contributed by atoms with E-state index in [0.29, 0.717) is 6.42 Å². The summed E-state index contributed by atoms with van der Waals surface area (Å²) >= 11 is 0. The molecular weight excluding hydrogens is 340 g/mol. The SMILES string of the molecule is CC1(C)Cc2cccc(S(=O)(=O)NC3(C(F)F)CCOCC3)c2O1. The molecule has 0 atom stereocenters. The van der Waals surface area contributed by atoms with Gasteiger partial charge < -0.3 is 9.47 Å². The fourth-order valence-corrected chi connectivity index (χ4v) is 4.83. The number of alkyl halides is 2. The largest absolute Gasteiger partial charge is 0.486 e. The van der Waals surface area contributed by atoms with E-state index < -0.39 is 27.6 Å². The van der Waals surface area contributed by atoms with Gasteiger partial charge in [0.05, 0.1) is 5.54 Å². The number of nitrogens with one attached hydrogen (secondary N) is 1. The highest BCUT2D eigenvalue weighted by Crippen LogP contribution is 2.40. The van der Waals surface area contributed by atoms with Gasteiger partial charge in [0.25, 0.3) is 6.43 Å². The van der Waals surface area contributed by atoms with E-state index >= 15 is 0 Å². The molecule has 0 radical (unpaired) electrons. The highest BCUT2D eigenvalue weighted by Gasteiger charge is 2.46. The fourth-order valence-electron chi connectivity index (χ4n) is 3.22. The molecule has 0 amide bonds. The molecule has 1 fully saturated rings. The monoisotopic (exact) mass is 361 g/mol. The second-order valence-corrected chi connectivity index (χ2v) is 8.61. The van der Waals surface area contributed by atoms with Crippen LogP contribution in [0.3, 0.4) is 0 Å². The molecule has 1 saturated heterocycles. The van der Waals surface area contributed by atoms with E-state index in [1.807, 2.05) is 13.8 Å². The first-order valence-electron chi connectivity index (χ1n) is 7.86. The fraction of sp³-hybridized carbons (Fsp3) is 0.625. The van der Waals surface area contributed by atoms with E-state index in [-0.39, 0.29) is 36.7 Å². The van der Waals surface area contributed by atoms with Crippen molar-refractivity contribution in [1.29, 1.82) is 0 Å². The van der Waals surface area contributed by atoms with E-state index in [1.54, 1.807) is 12.1 Å². The lowest BCUT2D eigenvalue weighted by atomic mass is 9.92. The molecule has 0 aliphatic carbocycles. The predicted octanol–water partition coefficient (Wildman–Crippen LogP) is 2.49. The normalized spacial score (nSPS) is 22.2. The Labute approximate surface area is 140 Å². The van der Waals surface area contributed by atoms with E-state index in [1.165, 1.54) is 6.07 Å². The Hall–Kier alpha value is -1.25. The van der Waals surface area contributed by atoms with Crippen molar-refractivity contribution in [1.82, 2.24) is 4.72 Å². The first-order chi connectivity index (χ1) is 11.2. The molecule has 3 rings (SSSR count).